The Kier molecular flexibility index (Phi) is 10.9. The molecular weight excluding hydrogens is 749 g/mol. The molecule has 0 saturated heterocycles. The van der Waals surface area contributed by atoms with Gasteiger partial charge in [0, 0.05) is 39.8 Å². The molecule has 62 heavy (non-hydrogen) atoms. The lowest BCUT2D eigenvalue weighted by molar-refractivity contribution is 0.854. The second-order valence-corrected chi connectivity index (χ2v) is 15.7. The summed E-state index contributed by atoms with van der Waals surface area (Å²) >= 11 is 0. The molecule has 0 heterocycles. The van der Waals surface area contributed by atoms with Crippen LogP contribution >= 0.6 is 0 Å². The lowest BCUT2D eigenvalue weighted by Gasteiger charge is -2.29. The van der Waals surface area contributed by atoms with Crippen LogP contribution in [0, 0.1) is 0 Å². The van der Waals surface area contributed by atoms with E-state index in [1.807, 2.05) is 0 Å². The van der Waals surface area contributed by atoms with E-state index in [9.17, 15) is 0 Å². The summed E-state index contributed by atoms with van der Waals surface area (Å²) in [6.45, 7) is 0. The minimum absolute atomic E-state index is 0.407. The normalized spacial score (nSPS) is 13.1. The van der Waals surface area contributed by atoms with Gasteiger partial charge in [-0.25, -0.2) is 0 Å². The van der Waals surface area contributed by atoms with Crippen LogP contribution in [-0.2, 0) is 0 Å². The summed E-state index contributed by atoms with van der Waals surface area (Å²) in [7, 11) is 0. The molecule has 0 aromatic heterocycles. The van der Waals surface area contributed by atoms with E-state index in [0.717, 1.165) is 57.2 Å². The molecule has 0 amide bonds. The number of anilines is 6. The van der Waals surface area contributed by atoms with Crippen LogP contribution in [0.2, 0.25) is 0 Å². The summed E-state index contributed by atoms with van der Waals surface area (Å²) in [6.07, 6.45) is 9.87. The van der Waals surface area contributed by atoms with Crippen molar-refractivity contribution in [2.24, 2.45) is 0 Å². The van der Waals surface area contributed by atoms with Gasteiger partial charge in [0.15, 0.2) is 0 Å². The molecule has 1 aliphatic rings. The van der Waals surface area contributed by atoms with Gasteiger partial charge < -0.3 is 9.80 Å². The Hall–Kier alpha value is -7.94. The van der Waals surface area contributed by atoms with E-state index >= 15 is 0 Å². The molecule has 0 bridgehead atoms. The van der Waals surface area contributed by atoms with Crippen molar-refractivity contribution in [3.05, 3.63) is 266 Å². The Balaban J connectivity index is 0.987. The standard InChI is InChI=1S/C60H46N2/c1-5-18-45(19-6-1)47-36-40-55(41-37-47)61(53-24-9-3-10-25-53)59-30-15-13-28-57(59)49-32-34-50(35-33-49)58-29-14-16-31-60(58)62(54-26-11-4-12-27-54)56-42-38-48(39-43-56)52-23-17-22-51(44-52)46-20-7-2-8-21-46/h1-18,20-45H,19H2. The second-order valence-electron chi connectivity index (χ2n) is 15.7. The Labute approximate surface area is 365 Å². The van der Waals surface area contributed by atoms with E-state index in [1.54, 1.807) is 0 Å². The van der Waals surface area contributed by atoms with E-state index in [-0.39, 0.29) is 0 Å². The van der Waals surface area contributed by atoms with Crippen molar-refractivity contribution in [3.63, 3.8) is 0 Å². The molecule has 2 nitrogen and oxygen atoms in total. The van der Waals surface area contributed by atoms with Crippen LogP contribution in [0.5, 0.6) is 0 Å². The van der Waals surface area contributed by atoms with Crippen molar-refractivity contribution in [3.8, 4) is 44.5 Å². The first kappa shape index (κ1) is 38.3. The fraction of sp³-hybridized carbons (Fsp3) is 0.0333. The SMILES string of the molecule is C1=CCC(c2ccc(N(c3ccccc3)c3ccccc3-c3ccc(-c4ccccc4N(c4ccccc4)c4ccc(-c5cccc(-c6ccccc6)c5)cc4)cc3)cc2)C=C1. The Morgan fingerprint density at radius 2 is 0.710 bits per heavy atom. The van der Waals surface area contributed by atoms with Crippen LogP contribution in [0.15, 0.2) is 261 Å². The van der Waals surface area contributed by atoms with Gasteiger partial charge in [0.2, 0.25) is 0 Å². The fourth-order valence-corrected chi connectivity index (χ4v) is 8.67. The summed E-state index contributed by atoms with van der Waals surface area (Å²) in [5.74, 6) is 0.407. The number of para-hydroxylation sites is 4. The molecule has 1 atom stereocenters. The van der Waals surface area contributed by atoms with Crippen LogP contribution in [-0.4, -0.2) is 0 Å². The highest BCUT2D eigenvalue weighted by molar-refractivity contribution is 5.91. The quantitative estimate of drug-likeness (QED) is 0.129. The van der Waals surface area contributed by atoms with Crippen LogP contribution in [0.3, 0.4) is 0 Å². The van der Waals surface area contributed by atoms with Crippen LogP contribution in [0.1, 0.15) is 17.9 Å². The zero-order chi connectivity index (χ0) is 41.5. The summed E-state index contributed by atoms with van der Waals surface area (Å²) < 4.78 is 0. The monoisotopic (exact) mass is 794 g/mol. The van der Waals surface area contributed by atoms with Gasteiger partial charge in [-0.2, -0.15) is 0 Å². The number of nitrogens with zero attached hydrogens (tertiary/aromatic N) is 2. The highest BCUT2D eigenvalue weighted by Gasteiger charge is 2.20. The summed E-state index contributed by atoms with van der Waals surface area (Å²) in [6, 6.07) is 85.3. The van der Waals surface area contributed by atoms with Gasteiger partial charge in [-0.1, -0.05) is 194 Å². The average molecular weight is 795 g/mol. The highest BCUT2D eigenvalue weighted by Crippen LogP contribution is 2.44. The largest absolute Gasteiger partial charge is 0.310 e. The predicted molar refractivity (Wildman–Crippen MR) is 263 cm³/mol. The zero-order valence-corrected chi connectivity index (χ0v) is 34.5. The molecule has 0 spiro atoms. The maximum Gasteiger partial charge on any atom is 0.0540 e. The van der Waals surface area contributed by atoms with E-state index in [4.69, 9.17) is 0 Å². The third-order valence-corrected chi connectivity index (χ3v) is 11.8. The van der Waals surface area contributed by atoms with Gasteiger partial charge in [0.25, 0.3) is 0 Å². The van der Waals surface area contributed by atoms with Gasteiger partial charge in [0.1, 0.15) is 0 Å². The van der Waals surface area contributed by atoms with Crippen molar-refractivity contribution in [2.75, 3.05) is 9.80 Å². The Bertz CT molecular complexity index is 2950. The average Bonchev–Trinajstić information content (AvgIpc) is 3.36. The summed E-state index contributed by atoms with van der Waals surface area (Å²) in [5.41, 5.74) is 17.5. The number of hydrogen-bond donors (Lipinski definition) is 0. The number of allylic oxidation sites excluding steroid dienone is 4. The molecule has 296 valence electrons. The lowest BCUT2D eigenvalue weighted by atomic mass is 9.92. The maximum atomic E-state index is 2.38. The second kappa shape index (κ2) is 17.7. The topological polar surface area (TPSA) is 6.48 Å². The fourth-order valence-electron chi connectivity index (χ4n) is 8.67. The summed E-state index contributed by atoms with van der Waals surface area (Å²) in [5, 5.41) is 0. The first-order chi connectivity index (χ1) is 30.8. The van der Waals surface area contributed by atoms with Crippen LogP contribution in [0.25, 0.3) is 44.5 Å². The van der Waals surface area contributed by atoms with Crippen molar-refractivity contribution < 1.29 is 0 Å². The number of benzene rings is 9. The number of hydrogen-bond acceptors (Lipinski definition) is 2. The maximum absolute atomic E-state index is 2.38. The zero-order valence-electron chi connectivity index (χ0n) is 34.5. The molecule has 0 aliphatic heterocycles. The van der Waals surface area contributed by atoms with Gasteiger partial charge in [-0.3, -0.25) is 0 Å². The van der Waals surface area contributed by atoms with Crippen molar-refractivity contribution >= 4 is 34.1 Å². The van der Waals surface area contributed by atoms with E-state index < -0.39 is 0 Å². The van der Waals surface area contributed by atoms with Crippen LogP contribution < -0.4 is 9.80 Å². The molecule has 10 rings (SSSR count). The molecule has 9 aromatic carbocycles. The molecular formula is C60H46N2. The van der Waals surface area contributed by atoms with Gasteiger partial charge in [0.05, 0.1) is 11.4 Å². The third kappa shape index (κ3) is 8.02. The molecule has 0 fully saturated rings. The van der Waals surface area contributed by atoms with Crippen molar-refractivity contribution in [1.29, 1.82) is 0 Å². The van der Waals surface area contributed by atoms with Crippen LogP contribution in [0.4, 0.5) is 34.1 Å². The lowest BCUT2D eigenvalue weighted by Crippen LogP contribution is -2.11. The molecule has 1 unspecified atom stereocenters. The predicted octanol–water partition coefficient (Wildman–Crippen LogP) is 16.9. The first-order valence-corrected chi connectivity index (χ1v) is 21.5. The Morgan fingerprint density at radius 1 is 0.306 bits per heavy atom. The molecule has 2 heteroatoms. The smallest absolute Gasteiger partial charge is 0.0540 e. The van der Waals surface area contributed by atoms with E-state index in [0.29, 0.717) is 5.92 Å². The molecule has 0 N–H and O–H groups in total. The van der Waals surface area contributed by atoms with Crippen molar-refractivity contribution in [2.45, 2.75) is 12.3 Å². The third-order valence-electron chi connectivity index (χ3n) is 11.8. The number of rotatable bonds is 11. The minimum atomic E-state index is 0.407. The molecule has 0 saturated carbocycles. The molecule has 0 radical (unpaired) electrons. The molecule has 9 aromatic rings. The van der Waals surface area contributed by atoms with E-state index in [1.165, 1.54) is 33.4 Å². The van der Waals surface area contributed by atoms with E-state index in [2.05, 4.69) is 271 Å². The molecule has 1 aliphatic carbocycles. The van der Waals surface area contributed by atoms with Gasteiger partial charge in [-0.15, -0.1) is 0 Å². The van der Waals surface area contributed by atoms with Crippen molar-refractivity contribution in [1.82, 2.24) is 0 Å². The van der Waals surface area contributed by atoms with Gasteiger partial charge >= 0.3 is 0 Å². The first-order valence-electron chi connectivity index (χ1n) is 21.5. The van der Waals surface area contributed by atoms with Gasteiger partial charge in [-0.05, 0) is 112 Å². The minimum Gasteiger partial charge on any atom is -0.310 e. The Morgan fingerprint density at radius 3 is 1.21 bits per heavy atom. The highest BCUT2D eigenvalue weighted by atomic mass is 15.1. The summed E-state index contributed by atoms with van der Waals surface area (Å²) in [4.78, 5) is 4.74.